The lowest BCUT2D eigenvalue weighted by atomic mass is 10.0. The predicted octanol–water partition coefficient (Wildman–Crippen LogP) is 3.38. The monoisotopic (exact) mass is 313 g/mol. The van der Waals surface area contributed by atoms with E-state index in [1.165, 1.54) is 12.1 Å². The molecule has 0 aliphatic carbocycles. The second-order valence-electron chi connectivity index (χ2n) is 4.95. The maximum absolute atomic E-state index is 13.1. The molecule has 1 amide bonds. The van der Waals surface area contributed by atoms with Crippen molar-refractivity contribution in [2.45, 2.75) is 26.3 Å². The number of nitrogens with zero attached hydrogens (tertiary/aromatic N) is 1. The number of halogens is 2. The Balaban J connectivity index is 2.26. The fourth-order valence-corrected chi connectivity index (χ4v) is 3.51. The van der Waals surface area contributed by atoms with Crippen LogP contribution >= 0.6 is 15.9 Å². The van der Waals surface area contributed by atoms with Crippen LogP contribution in [0.15, 0.2) is 18.2 Å². The topological polar surface area (TPSA) is 20.3 Å². The molecule has 2 unspecified atom stereocenters. The van der Waals surface area contributed by atoms with Crippen LogP contribution in [0.3, 0.4) is 0 Å². The number of aryl methyl sites for hydroxylation is 1. The first-order valence-electron chi connectivity index (χ1n) is 6.17. The lowest BCUT2D eigenvalue weighted by Gasteiger charge is -2.26. The Bertz CT molecular complexity index is 463. The SMILES string of the molecule is Cc1cc(F)ccc1C(=O)N1CCC(C)C1CBr. The molecule has 0 saturated carbocycles. The van der Waals surface area contributed by atoms with Crippen molar-refractivity contribution in [3.05, 3.63) is 35.1 Å². The molecule has 18 heavy (non-hydrogen) atoms. The average molecular weight is 314 g/mol. The van der Waals surface area contributed by atoms with E-state index in [-0.39, 0.29) is 17.8 Å². The zero-order valence-electron chi connectivity index (χ0n) is 10.6. The molecule has 98 valence electrons. The summed E-state index contributed by atoms with van der Waals surface area (Å²) in [5.41, 5.74) is 1.31. The Morgan fingerprint density at radius 1 is 1.56 bits per heavy atom. The molecule has 0 bridgehead atoms. The van der Waals surface area contributed by atoms with Crippen LogP contribution in [0.5, 0.6) is 0 Å². The van der Waals surface area contributed by atoms with Crippen molar-refractivity contribution in [2.24, 2.45) is 5.92 Å². The number of carbonyl (C=O) groups is 1. The van der Waals surface area contributed by atoms with Crippen LogP contribution in [-0.4, -0.2) is 28.7 Å². The zero-order valence-corrected chi connectivity index (χ0v) is 12.2. The summed E-state index contributed by atoms with van der Waals surface area (Å²) in [6.07, 6.45) is 1.03. The highest BCUT2D eigenvalue weighted by Crippen LogP contribution is 2.27. The van der Waals surface area contributed by atoms with Crippen molar-refractivity contribution in [3.8, 4) is 0 Å². The Kier molecular flexibility index (Phi) is 4.05. The number of carbonyl (C=O) groups excluding carboxylic acids is 1. The van der Waals surface area contributed by atoms with E-state index >= 15 is 0 Å². The minimum atomic E-state index is -0.295. The van der Waals surface area contributed by atoms with Gasteiger partial charge < -0.3 is 4.90 Å². The summed E-state index contributed by atoms with van der Waals surface area (Å²) in [7, 11) is 0. The number of rotatable bonds is 2. The summed E-state index contributed by atoms with van der Waals surface area (Å²) in [5.74, 6) is 0.228. The highest BCUT2D eigenvalue weighted by atomic mass is 79.9. The molecule has 0 aromatic heterocycles. The zero-order chi connectivity index (χ0) is 13.3. The van der Waals surface area contributed by atoms with Gasteiger partial charge >= 0.3 is 0 Å². The van der Waals surface area contributed by atoms with Crippen molar-refractivity contribution < 1.29 is 9.18 Å². The van der Waals surface area contributed by atoms with E-state index in [4.69, 9.17) is 0 Å². The molecular formula is C14H17BrFNO. The van der Waals surface area contributed by atoms with Crippen molar-refractivity contribution in [2.75, 3.05) is 11.9 Å². The summed E-state index contributed by atoms with van der Waals surface area (Å²) >= 11 is 3.47. The van der Waals surface area contributed by atoms with Gasteiger partial charge in [-0.05, 0) is 43.0 Å². The highest BCUT2D eigenvalue weighted by Gasteiger charge is 2.34. The fourth-order valence-electron chi connectivity index (χ4n) is 2.52. The quantitative estimate of drug-likeness (QED) is 0.766. The average Bonchev–Trinajstić information content (AvgIpc) is 2.69. The minimum Gasteiger partial charge on any atom is -0.335 e. The van der Waals surface area contributed by atoms with Gasteiger partial charge in [-0.25, -0.2) is 4.39 Å². The number of hydrogen-bond acceptors (Lipinski definition) is 1. The van der Waals surface area contributed by atoms with Gasteiger partial charge in [0.15, 0.2) is 0 Å². The Morgan fingerprint density at radius 2 is 2.28 bits per heavy atom. The fraction of sp³-hybridized carbons (Fsp3) is 0.500. The van der Waals surface area contributed by atoms with Gasteiger partial charge in [0.05, 0.1) is 0 Å². The largest absolute Gasteiger partial charge is 0.335 e. The van der Waals surface area contributed by atoms with Crippen LogP contribution < -0.4 is 0 Å². The smallest absolute Gasteiger partial charge is 0.254 e. The molecule has 1 fully saturated rings. The van der Waals surface area contributed by atoms with E-state index in [1.54, 1.807) is 13.0 Å². The second-order valence-corrected chi connectivity index (χ2v) is 5.59. The first kappa shape index (κ1) is 13.5. The van der Waals surface area contributed by atoms with Crippen molar-refractivity contribution in [1.82, 2.24) is 4.90 Å². The van der Waals surface area contributed by atoms with Crippen LogP contribution in [0.2, 0.25) is 0 Å². The Hall–Kier alpha value is -0.900. The molecule has 0 radical (unpaired) electrons. The van der Waals surface area contributed by atoms with E-state index in [1.807, 2.05) is 4.90 Å². The molecule has 2 rings (SSSR count). The van der Waals surface area contributed by atoms with Crippen molar-refractivity contribution >= 4 is 21.8 Å². The maximum Gasteiger partial charge on any atom is 0.254 e. The normalized spacial score (nSPS) is 23.4. The molecule has 0 N–H and O–H groups in total. The Labute approximate surface area is 115 Å². The van der Waals surface area contributed by atoms with Gasteiger partial charge in [0, 0.05) is 23.5 Å². The third kappa shape index (κ3) is 2.44. The van der Waals surface area contributed by atoms with Crippen LogP contribution in [0, 0.1) is 18.7 Å². The maximum atomic E-state index is 13.1. The van der Waals surface area contributed by atoms with Gasteiger partial charge in [0.1, 0.15) is 5.82 Å². The van der Waals surface area contributed by atoms with E-state index < -0.39 is 0 Å². The van der Waals surface area contributed by atoms with Gasteiger partial charge in [-0.1, -0.05) is 22.9 Å². The number of benzene rings is 1. The minimum absolute atomic E-state index is 0.0151. The molecule has 1 aliphatic heterocycles. The van der Waals surface area contributed by atoms with Crippen molar-refractivity contribution in [3.63, 3.8) is 0 Å². The number of hydrogen-bond donors (Lipinski definition) is 0. The second kappa shape index (κ2) is 5.39. The molecular weight excluding hydrogens is 297 g/mol. The predicted molar refractivity (Wildman–Crippen MR) is 73.5 cm³/mol. The number of likely N-dealkylation sites (tertiary alicyclic amines) is 1. The molecule has 0 spiro atoms. The van der Waals surface area contributed by atoms with Gasteiger partial charge in [-0.15, -0.1) is 0 Å². The van der Waals surface area contributed by atoms with Gasteiger partial charge in [0.2, 0.25) is 0 Å². The summed E-state index contributed by atoms with van der Waals surface area (Å²) < 4.78 is 13.1. The number of amides is 1. The van der Waals surface area contributed by atoms with E-state index in [0.717, 1.165) is 18.3 Å². The number of alkyl halides is 1. The molecule has 1 aliphatic rings. The van der Waals surface area contributed by atoms with E-state index in [2.05, 4.69) is 22.9 Å². The molecule has 4 heteroatoms. The van der Waals surface area contributed by atoms with Gasteiger partial charge in [-0.3, -0.25) is 4.79 Å². The van der Waals surface area contributed by atoms with Crippen molar-refractivity contribution in [1.29, 1.82) is 0 Å². The Morgan fingerprint density at radius 3 is 2.89 bits per heavy atom. The lowest BCUT2D eigenvalue weighted by Crippen LogP contribution is -2.38. The summed E-state index contributed by atoms with van der Waals surface area (Å²) in [6.45, 7) is 4.72. The molecule has 1 saturated heterocycles. The molecule has 1 heterocycles. The summed E-state index contributed by atoms with van der Waals surface area (Å²) in [5, 5.41) is 0.792. The molecule has 1 aromatic carbocycles. The third-order valence-electron chi connectivity index (χ3n) is 3.72. The first-order valence-corrected chi connectivity index (χ1v) is 7.30. The molecule has 1 aromatic rings. The lowest BCUT2D eigenvalue weighted by molar-refractivity contribution is 0.0738. The molecule has 2 atom stereocenters. The van der Waals surface area contributed by atoms with Crippen LogP contribution in [0.4, 0.5) is 4.39 Å². The summed E-state index contributed by atoms with van der Waals surface area (Å²) in [4.78, 5) is 14.4. The summed E-state index contributed by atoms with van der Waals surface area (Å²) in [6, 6.07) is 4.59. The van der Waals surface area contributed by atoms with Gasteiger partial charge in [0.25, 0.3) is 5.91 Å². The van der Waals surface area contributed by atoms with Gasteiger partial charge in [-0.2, -0.15) is 0 Å². The van der Waals surface area contributed by atoms with E-state index in [0.29, 0.717) is 17.0 Å². The van der Waals surface area contributed by atoms with Crippen LogP contribution in [0.25, 0.3) is 0 Å². The van der Waals surface area contributed by atoms with Crippen LogP contribution in [-0.2, 0) is 0 Å². The third-order valence-corrected chi connectivity index (χ3v) is 4.38. The highest BCUT2D eigenvalue weighted by molar-refractivity contribution is 9.09. The van der Waals surface area contributed by atoms with E-state index in [9.17, 15) is 9.18 Å². The molecule has 2 nitrogen and oxygen atoms in total. The first-order chi connectivity index (χ1) is 8.54. The standard InChI is InChI=1S/C14H17BrFNO/c1-9-5-6-17(13(9)8-15)14(18)12-4-3-11(16)7-10(12)2/h3-4,7,9,13H,5-6,8H2,1-2H3. The van der Waals surface area contributed by atoms with Crippen LogP contribution in [0.1, 0.15) is 29.3 Å².